The smallest absolute Gasteiger partial charge is 0.136 e. The molecule has 0 bridgehead atoms. The lowest BCUT2D eigenvalue weighted by atomic mass is 10.2. The van der Waals surface area contributed by atoms with Gasteiger partial charge in [-0.2, -0.15) is 5.10 Å². The number of rotatable bonds is 1. The van der Waals surface area contributed by atoms with Crippen LogP contribution in [0.1, 0.15) is 0 Å². The zero-order valence-electron chi connectivity index (χ0n) is 8.55. The number of halogens is 1. The second-order valence-corrected chi connectivity index (χ2v) is 3.89. The molecule has 0 fully saturated rings. The minimum atomic E-state index is -0.00203. The number of nitrogens with one attached hydrogen (secondary N) is 1. The third-order valence-electron chi connectivity index (χ3n) is 2.43. The van der Waals surface area contributed by atoms with E-state index in [1.807, 2.05) is 0 Å². The quantitative estimate of drug-likeness (QED) is 0.691. The number of hydrogen-bond donors (Lipinski definition) is 2. The van der Waals surface area contributed by atoms with Gasteiger partial charge in [0.15, 0.2) is 0 Å². The SMILES string of the molecule is Oc1ccc2ncc(-c3cn[nH]c3)nc2c1Cl. The molecule has 0 spiro atoms. The predicted molar refractivity (Wildman–Crippen MR) is 63.8 cm³/mol. The van der Waals surface area contributed by atoms with Crippen LogP contribution in [0.15, 0.2) is 30.7 Å². The summed E-state index contributed by atoms with van der Waals surface area (Å²) in [7, 11) is 0. The summed E-state index contributed by atoms with van der Waals surface area (Å²) in [6, 6.07) is 3.17. The standard InChI is InChI=1S/C11H7ClN4O/c12-10-9(17)2-1-7-11(10)16-8(5-13-7)6-3-14-15-4-6/h1-5,17H,(H,14,15). The number of hydrogen-bond acceptors (Lipinski definition) is 4. The number of fused-ring (bicyclic) bond motifs is 1. The summed E-state index contributed by atoms with van der Waals surface area (Å²) in [6.07, 6.45) is 5.00. The van der Waals surface area contributed by atoms with Gasteiger partial charge in [-0.3, -0.25) is 10.1 Å². The average Bonchev–Trinajstić information content (AvgIpc) is 2.87. The maximum atomic E-state index is 9.52. The van der Waals surface area contributed by atoms with Gasteiger partial charge in [-0.05, 0) is 12.1 Å². The Bertz CT molecular complexity index is 681. The fourth-order valence-electron chi connectivity index (χ4n) is 1.56. The summed E-state index contributed by atoms with van der Waals surface area (Å²) < 4.78 is 0. The number of benzene rings is 1. The Hall–Kier alpha value is -2.14. The molecule has 0 radical (unpaired) electrons. The second-order valence-electron chi connectivity index (χ2n) is 3.51. The highest BCUT2D eigenvalue weighted by Crippen LogP contribution is 2.30. The lowest BCUT2D eigenvalue weighted by Gasteiger charge is -2.03. The van der Waals surface area contributed by atoms with E-state index >= 15 is 0 Å². The first-order valence-corrected chi connectivity index (χ1v) is 5.27. The van der Waals surface area contributed by atoms with Crippen LogP contribution in [0.5, 0.6) is 5.75 Å². The van der Waals surface area contributed by atoms with Crippen molar-refractivity contribution >= 4 is 22.6 Å². The molecule has 84 valence electrons. The van der Waals surface area contributed by atoms with E-state index in [1.54, 1.807) is 24.7 Å². The van der Waals surface area contributed by atoms with Crippen molar-refractivity contribution in [3.05, 3.63) is 35.7 Å². The van der Waals surface area contributed by atoms with Gasteiger partial charge < -0.3 is 5.11 Å². The Morgan fingerprint density at radius 2 is 2.12 bits per heavy atom. The van der Waals surface area contributed by atoms with E-state index in [9.17, 15) is 5.11 Å². The molecule has 0 atom stereocenters. The number of phenols is 1. The molecule has 3 rings (SSSR count). The van der Waals surface area contributed by atoms with E-state index < -0.39 is 0 Å². The molecule has 6 heteroatoms. The molecule has 0 unspecified atom stereocenters. The summed E-state index contributed by atoms with van der Waals surface area (Å²) in [5.41, 5.74) is 2.59. The highest BCUT2D eigenvalue weighted by atomic mass is 35.5. The minimum absolute atomic E-state index is 0.00203. The van der Waals surface area contributed by atoms with E-state index in [0.29, 0.717) is 16.7 Å². The Labute approximate surface area is 101 Å². The lowest BCUT2D eigenvalue weighted by Crippen LogP contribution is -1.88. The van der Waals surface area contributed by atoms with E-state index in [0.717, 1.165) is 5.56 Å². The van der Waals surface area contributed by atoms with Crippen LogP contribution in [0.2, 0.25) is 5.02 Å². The Morgan fingerprint density at radius 3 is 2.88 bits per heavy atom. The highest BCUT2D eigenvalue weighted by Gasteiger charge is 2.09. The molecule has 1 aromatic carbocycles. The fourth-order valence-corrected chi connectivity index (χ4v) is 1.77. The van der Waals surface area contributed by atoms with Gasteiger partial charge in [0.1, 0.15) is 16.3 Å². The van der Waals surface area contributed by atoms with Crippen molar-refractivity contribution in [3.8, 4) is 17.0 Å². The largest absolute Gasteiger partial charge is 0.506 e. The predicted octanol–water partition coefficient (Wildman–Crippen LogP) is 2.38. The third-order valence-corrected chi connectivity index (χ3v) is 2.80. The molecule has 5 nitrogen and oxygen atoms in total. The Balaban J connectivity index is 2.28. The number of H-pyrrole nitrogens is 1. The van der Waals surface area contributed by atoms with Crippen LogP contribution in [0.3, 0.4) is 0 Å². The fraction of sp³-hybridized carbons (Fsp3) is 0. The molecule has 2 N–H and O–H groups in total. The van der Waals surface area contributed by atoms with E-state index in [4.69, 9.17) is 11.6 Å². The summed E-state index contributed by atoms with van der Waals surface area (Å²) >= 11 is 5.98. The molecular weight excluding hydrogens is 240 g/mol. The van der Waals surface area contributed by atoms with Crippen LogP contribution in [0.4, 0.5) is 0 Å². The van der Waals surface area contributed by atoms with E-state index in [-0.39, 0.29) is 10.8 Å². The third kappa shape index (κ3) is 1.60. The number of phenolic OH excluding ortho intramolecular Hbond substituents is 1. The van der Waals surface area contributed by atoms with Gasteiger partial charge in [-0.1, -0.05) is 11.6 Å². The Kier molecular flexibility index (Phi) is 2.19. The van der Waals surface area contributed by atoms with Gasteiger partial charge in [0.05, 0.1) is 23.6 Å². The topological polar surface area (TPSA) is 74.7 Å². The monoisotopic (exact) mass is 246 g/mol. The molecule has 0 amide bonds. The lowest BCUT2D eigenvalue weighted by molar-refractivity contribution is 0.476. The molecule has 2 aromatic heterocycles. The van der Waals surface area contributed by atoms with Crippen molar-refractivity contribution < 1.29 is 5.11 Å². The first-order chi connectivity index (χ1) is 8.25. The molecule has 2 heterocycles. The van der Waals surface area contributed by atoms with Crippen molar-refractivity contribution in [2.75, 3.05) is 0 Å². The van der Waals surface area contributed by atoms with Gasteiger partial charge >= 0.3 is 0 Å². The molecule has 0 aliphatic rings. The van der Waals surface area contributed by atoms with Crippen LogP contribution < -0.4 is 0 Å². The summed E-state index contributed by atoms with van der Waals surface area (Å²) in [5, 5.41) is 16.3. The minimum Gasteiger partial charge on any atom is -0.506 e. The zero-order valence-corrected chi connectivity index (χ0v) is 9.31. The number of nitrogens with zero attached hydrogens (tertiary/aromatic N) is 3. The van der Waals surface area contributed by atoms with Crippen molar-refractivity contribution in [2.24, 2.45) is 0 Å². The number of aromatic amines is 1. The van der Waals surface area contributed by atoms with E-state index in [1.165, 1.54) is 6.07 Å². The summed E-state index contributed by atoms with van der Waals surface area (Å²) in [5.74, 6) is -0.00203. The molecule has 0 aliphatic heterocycles. The van der Waals surface area contributed by atoms with Crippen molar-refractivity contribution in [2.45, 2.75) is 0 Å². The first-order valence-electron chi connectivity index (χ1n) is 4.89. The van der Waals surface area contributed by atoms with Crippen LogP contribution in [0, 0.1) is 0 Å². The van der Waals surface area contributed by atoms with Gasteiger partial charge in [0.2, 0.25) is 0 Å². The average molecular weight is 247 g/mol. The van der Waals surface area contributed by atoms with Crippen LogP contribution in [0.25, 0.3) is 22.3 Å². The van der Waals surface area contributed by atoms with Gasteiger partial charge in [0.25, 0.3) is 0 Å². The molecule has 0 saturated carbocycles. The second kappa shape index (κ2) is 3.71. The number of aromatic nitrogens is 4. The Morgan fingerprint density at radius 1 is 1.24 bits per heavy atom. The molecule has 17 heavy (non-hydrogen) atoms. The molecular formula is C11H7ClN4O. The normalized spacial score (nSPS) is 10.9. The maximum Gasteiger partial charge on any atom is 0.136 e. The van der Waals surface area contributed by atoms with Gasteiger partial charge in [-0.25, -0.2) is 4.98 Å². The van der Waals surface area contributed by atoms with E-state index in [2.05, 4.69) is 20.2 Å². The molecule has 3 aromatic rings. The van der Waals surface area contributed by atoms with Crippen LogP contribution in [-0.4, -0.2) is 25.3 Å². The molecule has 0 saturated heterocycles. The van der Waals surface area contributed by atoms with Crippen molar-refractivity contribution in [1.29, 1.82) is 0 Å². The zero-order chi connectivity index (χ0) is 11.8. The highest BCUT2D eigenvalue weighted by molar-refractivity contribution is 6.36. The van der Waals surface area contributed by atoms with Gasteiger partial charge in [0, 0.05) is 11.8 Å². The van der Waals surface area contributed by atoms with Crippen molar-refractivity contribution in [3.63, 3.8) is 0 Å². The van der Waals surface area contributed by atoms with Crippen molar-refractivity contribution in [1.82, 2.24) is 20.2 Å². The van der Waals surface area contributed by atoms with Crippen LogP contribution in [-0.2, 0) is 0 Å². The summed E-state index contributed by atoms with van der Waals surface area (Å²) in [4.78, 5) is 8.60. The number of aromatic hydroxyl groups is 1. The molecule has 0 aliphatic carbocycles. The maximum absolute atomic E-state index is 9.52. The summed E-state index contributed by atoms with van der Waals surface area (Å²) in [6.45, 7) is 0. The first kappa shape index (κ1) is 10.0. The van der Waals surface area contributed by atoms with Gasteiger partial charge in [-0.15, -0.1) is 0 Å². The van der Waals surface area contributed by atoms with Crippen LogP contribution >= 0.6 is 11.6 Å².